The van der Waals surface area contributed by atoms with Gasteiger partial charge in [0.1, 0.15) is 0 Å². The maximum Gasteiger partial charge on any atom is 0.258 e. The number of pyridine rings is 1. The minimum atomic E-state index is -3.70. The Kier molecular flexibility index (Phi) is 3.67. The van der Waals surface area contributed by atoms with Crippen molar-refractivity contribution >= 4 is 15.9 Å². The van der Waals surface area contributed by atoms with Crippen molar-refractivity contribution in [2.45, 2.75) is 23.9 Å². The molecule has 0 spiro atoms. The summed E-state index contributed by atoms with van der Waals surface area (Å²) in [5.74, 6) is -0.495. The summed E-state index contributed by atoms with van der Waals surface area (Å²) < 4.78 is 27.4. The number of nitrogens with two attached hydrogens (primary N) is 1. The van der Waals surface area contributed by atoms with E-state index in [0.29, 0.717) is 18.4 Å². The van der Waals surface area contributed by atoms with Crippen LogP contribution in [-0.4, -0.2) is 19.3 Å². The molecule has 1 aliphatic rings. The van der Waals surface area contributed by atoms with E-state index in [1.807, 2.05) is 6.07 Å². The van der Waals surface area contributed by atoms with E-state index in [0.717, 1.165) is 11.1 Å². The van der Waals surface area contributed by atoms with Crippen LogP contribution >= 0.6 is 0 Å². The molecule has 1 aliphatic carbocycles. The fourth-order valence-electron chi connectivity index (χ4n) is 2.76. The number of carbonyl (C=O) groups excluding carboxylic acids is 1. The third-order valence-electron chi connectivity index (χ3n) is 3.75. The number of hydrogen-bond donors (Lipinski definition) is 2. The number of carbonyl (C=O) groups is 1. The van der Waals surface area contributed by atoms with Gasteiger partial charge in [-0.15, -0.1) is 0 Å². The Bertz CT molecular complexity index is 819. The van der Waals surface area contributed by atoms with Crippen molar-refractivity contribution in [1.29, 1.82) is 0 Å². The normalized spacial score (nSPS) is 17.2. The van der Waals surface area contributed by atoms with Crippen LogP contribution in [0.15, 0.2) is 47.6 Å². The van der Waals surface area contributed by atoms with Crippen LogP contribution in [0, 0.1) is 0 Å². The lowest BCUT2D eigenvalue weighted by molar-refractivity contribution is 0.0999. The van der Waals surface area contributed by atoms with Crippen LogP contribution in [0.2, 0.25) is 0 Å². The topological polar surface area (TPSA) is 102 Å². The highest BCUT2D eigenvalue weighted by Crippen LogP contribution is 2.34. The van der Waals surface area contributed by atoms with E-state index < -0.39 is 15.9 Å². The van der Waals surface area contributed by atoms with Gasteiger partial charge in [-0.1, -0.05) is 18.2 Å². The molecule has 22 heavy (non-hydrogen) atoms. The quantitative estimate of drug-likeness (QED) is 0.883. The van der Waals surface area contributed by atoms with E-state index >= 15 is 0 Å². The molecule has 114 valence electrons. The van der Waals surface area contributed by atoms with E-state index in [2.05, 4.69) is 9.71 Å². The highest BCUT2D eigenvalue weighted by Gasteiger charge is 2.30. The number of aromatic nitrogens is 1. The summed E-state index contributed by atoms with van der Waals surface area (Å²) in [6.07, 6.45) is 2.64. The molecule has 3 rings (SSSR count). The molecular weight excluding hydrogens is 302 g/mol. The van der Waals surface area contributed by atoms with Crippen molar-refractivity contribution in [2.75, 3.05) is 0 Å². The third-order valence-corrected chi connectivity index (χ3v) is 5.13. The lowest BCUT2D eigenvalue weighted by Crippen LogP contribution is -2.28. The number of sulfonamides is 1. The average Bonchev–Trinajstić information content (AvgIpc) is 2.90. The molecule has 0 bridgehead atoms. The van der Waals surface area contributed by atoms with Gasteiger partial charge in [0.25, 0.3) is 10.0 Å². The standard InChI is InChI=1S/C15H15N3O3S/c16-15(19)12-5-3-4-11-10(12)7-8-13(11)18-22(20,21)14-6-1-2-9-17-14/h1-6,9,13,18H,7-8H2,(H2,16,19). The second-order valence-corrected chi connectivity index (χ2v) is 6.78. The fraction of sp³-hybridized carbons (Fsp3) is 0.200. The van der Waals surface area contributed by atoms with Crippen LogP contribution in [0.1, 0.15) is 33.9 Å². The van der Waals surface area contributed by atoms with E-state index in [9.17, 15) is 13.2 Å². The first-order chi connectivity index (χ1) is 10.5. The predicted molar refractivity (Wildman–Crippen MR) is 80.6 cm³/mol. The Morgan fingerprint density at radius 1 is 1.23 bits per heavy atom. The third kappa shape index (κ3) is 2.60. The Labute approximate surface area is 128 Å². The van der Waals surface area contributed by atoms with Crippen molar-refractivity contribution in [3.63, 3.8) is 0 Å². The molecule has 1 aromatic carbocycles. The zero-order valence-corrected chi connectivity index (χ0v) is 12.5. The number of hydrogen-bond acceptors (Lipinski definition) is 4. The summed E-state index contributed by atoms with van der Waals surface area (Å²) in [4.78, 5) is 15.3. The number of rotatable bonds is 4. The molecule has 7 heteroatoms. The number of primary amides is 1. The number of benzene rings is 1. The molecule has 0 radical (unpaired) electrons. The predicted octanol–water partition coefficient (Wildman–Crippen LogP) is 1.15. The summed E-state index contributed by atoms with van der Waals surface area (Å²) in [5, 5.41) is -0.0190. The van der Waals surface area contributed by atoms with Crippen molar-refractivity contribution in [3.05, 3.63) is 59.3 Å². The molecule has 1 amide bonds. The number of fused-ring (bicyclic) bond motifs is 1. The van der Waals surface area contributed by atoms with Gasteiger partial charge in [0.2, 0.25) is 5.91 Å². The molecule has 1 heterocycles. The minimum Gasteiger partial charge on any atom is -0.366 e. The van der Waals surface area contributed by atoms with Crippen LogP contribution in [0.25, 0.3) is 0 Å². The summed E-state index contributed by atoms with van der Waals surface area (Å²) in [6, 6.07) is 9.54. The lowest BCUT2D eigenvalue weighted by atomic mass is 10.0. The fourth-order valence-corrected chi connectivity index (χ4v) is 3.96. The smallest absolute Gasteiger partial charge is 0.258 e. The number of nitrogens with zero attached hydrogens (tertiary/aromatic N) is 1. The molecule has 1 unspecified atom stereocenters. The first-order valence-corrected chi connectivity index (χ1v) is 8.32. The van der Waals surface area contributed by atoms with Gasteiger partial charge < -0.3 is 5.73 Å². The molecule has 3 N–H and O–H groups in total. The van der Waals surface area contributed by atoms with E-state index in [4.69, 9.17) is 5.73 Å². The average molecular weight is 317 g/mol. The molecule has 2 aromatic rings. The molecule has 1 atom stereocenters. The molecule has 0 fully saturated rings. The Balaban J connectivity index is 1.92. The monoisotopic (exact) mass is 317 g/mol. The van der Waals surface area contributed by atoms with Crippen LogP contribution in [0.3, 0.4) is 0 Å². The molecule has 6 nitrogen and oxygen atoms in total. The summed E-state index contributed by atoms with van der Waals surface area (Å²) in [5.41, 5.74) is 7.44. The number of nitrogens with one attached hydrogen (secondary N) is 1. The van der Waals surface area contributed by atoms with Crippen molar-refractivity contribution in [3.8, 4) is 0 Å². The van der Waals surface area contributed by atoms with Gasteiger partial charge in [0, 0.05) is 17.8 Å². The maximum absolute atomic E-state index is 12.4. The van der Waals surface area contributed by atoms with Crippen LogP contribution in [-0.2, 0) is 16.4 Å². The highest BCUT2D eigenvalue weighted by atomic mass is 32.2. The van der Waals surface area contributed by atoms with Gasteiger partial charge in [0.05, 0.1) is 0 Å². The SMILES string of the molecule is NC(=O)c1cccc2c1CCC2NS(=O)(=O)c1ccccn1. The second kappa shape index (κ2) is 5.51. The van der Waals surface area contributed by atoms with E-state index in [-0.39, 0.29) is 11.1 Å². The Morgan fingerprint density at radius 3 is 2.73 bits per heavy atom. The molecular formula is C15H15N3O3S. The Morgan fingerprint density at radius 2 is 2.05 bits per heavy atom. The molecule has 0 saturated carbocycles. The van der Waals surface area contributed by atoms with Gasteiger partial charge in [-0.2, -0.15) is 0 Å². The van der Waals surface area contributed by atoms with Crippen LogP contribution < -0.4 is 10.5 Å². The first kappa shape index (κ1) is 14.7. The van der Waals surface area contributed by atoms with Crippen LogP contribution in [0.5, 0.6) is 0 Å². The molecule has 1 aromatic heterocycles. The highest BCUT2D eigenvalue weighted by molar-refractivity contribution is 7.89. The Hall–Kier alpha value is -2.25. The zero-order chi connectivity index (χ0) is 15.7. The van der Waals surface area contributed by atoms with Gasteiger partial charge in [-0.05, 0) is 42.2 Å². The van der Waals surface area contributed by atoms with Crippen molar-refractivity contribution in [1.82, 2.24) is 9.71 Å². The summed E-state index contributed by atoms with van der Waals surface area (Å²) >= 11 is 0. The maximum atomic E-state index is 12.4. The van der Waals surface area contributed by atoms with Crippen molar-refractivity contribution < 1.29 is 13.2 Å². The zero-order valence-electron chi connectivity index (χ0n) is 11.7. The van der Waals surface area contributed by atoms with E-state index in [1.165, 1.54) is 12.3 Å². The van der Waals surface area contributed by atoms with Crippen LogP contribution in [0.4, 0.5) is 0 Å². The summed E-state index contributed by atoms with van der Waals surface area (Å²) in [7, 11) is -3.70. The van der Waals surface area contributed by atoms with E-state index in [1.54, 1.807) is 24.3 Å². The van der Waals surface area contributed by atoms with Gasteiger partial charge in [-0.3, -0.25) is 4.79 Å². The minimum absolute atomic E-state index is 0.0190. The molecule has 0 aliphatic heterocycles. The molecule has 0 saturated heterocycles. The summed E-state index contributed by atoms with van der Waals surface area (Å²) in [6.45, 7) is 0. The van der Waals surface area contributed by atoms with Gasteiger partial charge in [0.15, 0.2) is 5.03 Å². The van der Waals surface area contributed by atoms with Gasteiger partial charge >= 0.3 is 0 Å². The van der Waals surface area contributed by atoms with Gasteiger partial charge in [-0.25, -0.2) is 18.1 Å². The largest absolute Gasteiger partial charge is 0.366 e. The number of amides is 1. The van der Waals surface area contributed by atoms with Crippen molar-refractivity contribution in [2.24, 2.45) is 5.73 Å². The first-order valence-electron chi connectivity index (χ1n) is 6.84. The lowest BCUT2D eigenvalue weighted by Gasteiger charge is -2.14. The second-order valence-electron chi connectivity index (χ2n) is 5.12.